The van der Waals surface area contributed by atoms with Crippen molar-refractivity contribution in [3.05, 3.63) is 30.3 Å². The molecule has 0 bridgehead atoms. The fraction of sp³-hybridized carbons (Fsp3) is 0.538. The van der Waals surface area contributed by atoms with E-state index < -0.39 is 0 Å². The van der Waals surface area contributed by atoms with Crippen molar-refractivity contribution in [1.29, 1.82) is 0 Å². The second-order valence-electron chi connectivity index (χ2n) is 3.22. The van der Waals surface area contributed by atoms with E-state index in [0.717, 1.165) is 18.8 Å². The third-order valence-electron chi connectivity index (χ3n) is 1.69. The van der Waals surface area contributed by atoms with Gasteiger partial charge in [-0.2, -0.15) is 0 Å². The monoisotopic (exact) mass is 242 g/mol. The normalized spacial score (nSPS) is 9.35. The van der Waals surface area contributed by atoms with Gasteiger partial charge < -0.3 is 19.7 Å². The van der Waals surface area contributed by atoms with Crippen LogP contribution < -0.4 is 4.74 Å². The lowest BCUT2D eigenvalue weighted by atomic mass is 10.3. The first-order chi connectivity index (χ1) is 8.35. The maximum atomic E-state index is 8.09. The average molecular weight is 242 g/mol. The van der Waals surface area contributed by atoms with Gasteiger partial charge in [0.15, 0.2) is 0 Å². The molecule has 1 aromatic carbocycles. The summed E-state index contributed by atoms with van der Waals surface area (Å²) in [6, 6.07) is 9.88. The number of hydrogen-bond donors (Lipinski definition) is 2. The Bertz CT molecular complexity index is 234. The summed E-state index contributed by atoms with van der Waals surface area (Å²) in [5.74, 6) is 0.962. The first-order valence-electron chi connectivity index (χ1n) is 5.82. The maximum Gasteiger partial charge on any atom is 0.119 e. The standard InChI is InChI=1S/C9H12O.C4H10O3/c1-2-8-10-9-6-4-3-5-7-9;5-1-3-7-4-2-6/h3-7H,2,8H2,1H3;5-6H,1-4H2. The molecular weight excluding hydrogens is 220 g/mol. The van der Waals surface area contributed by atoms with Crippen LogP contribution in [0.15, 0.2) is 30.3 Å². The van der Waals surface area contributed by atoms with E-state index in [4.69, 9.17) is 14.9 Å². The van der Waals surface area contributed by atoms with Crippen LogP contribution in [0.1, 0.15) is 13.3 Å². The van der Waals surface area contributed by atoms with E-state index in [1.165, 1.54) is 0 Å². The van der Waals surface area contributed by atoms with Gasteiger partial charge >= 0.3 is 0 Å². The van der Waals surface area contributed by atoms with Gasteiger partial charge in [-0.15, -0.1) is 0 Å². The lowest BCUT2D eigenvalue weighted by Crippen LogP contribution is -2.03. The van der Waals surface area contributed by atoms with Crippen LogP contribution in [0.4, 0.5) is 0 Å². The van der Waals surface area contributed by atoms with Crippen LogP contribution in [0.25, 0.3) is 0 Å². The van der Waals surface area contributed by atoms with Crippen LogP contribution in [-0.2, 0) is 4.74 Å². The molecule has 1 rings (SSSR count). The molecule has 0 amide bonds. The van der Waals surface area contributed by atoms with Crippen molar-refractivity contribution in [2.45, 2.75) is 13.3 Å². The molecule has 1 aromatic rings. The Kier molecular flexibility index (Phi) is 12.1. The summed E-state index contributed by atoms with van der Waals surface area (Å²) in [6.45, 7) is 3.61. The quantitative estimate of drug-likeness (QED) is 0.711. The van der Waals surface area contributed by atoms with E-state index in [1.54, 1.807) is 0 Å². The van der Waals surface area contributed by atoms with Crippen molar-refractivity contribution in [3.8, 4) is 5.75 Å². The fourth-order valence-electron chi connectivity index (χ4n) is 0.968. The van der Waals surface area contributed by atoms with Gasteiger partial charge in [0.1, 0.15) is 5.75 Å². The molecule has 4 heteroatoms. The molecule has 17 heavy (non-hydrogen) atoms. The van der Waals surface area contributed by atoms with Crippen molar-refractivity contribution in [2.24, 2.45) is 0 Å². The SMILES string of the molecule is CCCOc1ccccc1.OCCOCCO. The average Bonchev–Trinajstić information content (AvgIpc) is 2.39. The van der Waals surface area contributed by atoms with Gasteiger partial charge in [0, 0.05) is 0 Å². The number of aliphatic hydroxyl groups excluding tert-OH is 2. The lowest BCUT2D eigenvalue weighted by molar-refractivity contribution is 0.0650. The first-order valence-corrected chi connectivity index (χ1v) is 5.82. The highest BCUT2D eigenvalue weighted by atomic mass is 16.5. The first kappa shape index (κ1) is 15.9. The highest BCUT2D eigenvalue weighted by molar-refractivity contribution is 5.20. The topological polar surface area (TPSA) is 58.9 Å². The highest BCUT2D eigenvalue weighted by Crippen LogP contribution is 2.07. The zero-order valence-corrected chi connectivity index (χ0v) is 10.3. The molecular formula is C13H22O4. The van der Waals surface area contributed by atoms with Crippen molar-refractivity contribution in [1.82, 2.24) is 0 Å². The summed E-state index contributed by atoms with van der Waals surface area (Å²) < 4.78 is 9.99. The predicted molar refractivity (Wildman–Crippen MR) is 67.2 cm³/mol. The molecule has 0 aliphatic carbocycles. The minimum atomic E-state index is 0.0278. The summed E-state index contributed by atoms with van der Waals surface area (Å²) >= 11 is 0. The molecule has 0 fully saturated rings. The number of para-hydroxylation sites is 1. The van der Waals surface area contributed by atoms with Gasteiger partial charge in [-0.25, -0.2) is 0 Å². The van der Waals surface area contributed by atoms with E-state index in [9.17, 15) is 0 Å². The van der Waals surface area contributed by atoms with Crippen LogP contribution in [0, 0.1) is 0 Å². The molecule has 0 saturated heterocycles. The van der Waals surface area contributed by atoms with Crippen LogP contribution in [0.5, 0.6) is 5.75 Å². The van der Waals surface area contributed by atoms with Gasteiger partial charge in [-0.1, -0.05) is 25.1 Å². The Labute approximate surface area is 103 Å². The lowest BCUT2D eigenvalue weighted by Gasteiger charge is -2.01. The molecule has 0 aliphatic heterocycles. The number of rotatable bonds is 7. The van der Waals surface area contributed by atoms with Crippen molar-refractivity contribution >= 4 is 0 Å². The number of ether oxygens (including phenoxy) is 2. The van der Waals surface area contributed by atoms with Gasteiger partial charge in [0.2, 0.25) is 0 Å². The largest absolute Gasteiger partial charge is 0.494 e. The van der Waals surface area contributed by atoms with Crippen LogP contribution >= 0.6 is 0 Å². The summed E-state index contributed by atoms with van der Waals surface area (Å²) in [7, 11) is 0. The zero-order valence-electron chi connectivity index (χ0n) is 10.3. The van der Waals surface area contributed by atoms with E-state index in [-0.39, 0.29) is 13.2 Å². The number of benzene rings is 1. The van der Waals surface area contributed by atoms with Crippen LogP contribution in [-0.4, -0.2) is 43.2 Å². The van der Waals surface area contributed by atoms with Gasteiger partial charge in [0.05, 0.1) is 33.0 Å². The van der Waals surface area contributed by atoms with Gasteiger partial charge in [-0.05, 0) is 18.6 Å². The maximum absolute atomic E-state index is 8.09. The molecule has 0 radical (unpaired) electrons. The van der Waals surface area contributed by atoms with E-state index in [2.05, 4.69) is 11.7 Å². The second-order valence-corrected chi connectivity index (χ2v) is 3.22. The summed E-state index contributed by atoms with van der Waals surface area (Å²) in [5.41, 5.74) is 0. The Hall–Kier alpha value is -1.10. The molecule has 0 spiro atoms. The summed E-state index contributed by atoms with van der Waals surface area (Å²) in [5, 5.41) is 16.2. The van der Waals surface area contributed by atoms with Crippen molar-refractivity contribution in [2.75, 3.05) is 33.0 Å². The highest BCUT2D eigenvalue weighted by Gasteiger charge is 1.86. The van der Waals surface area contributed by atoms with E-state index in [1.807, 2.05) is 30.3 Å². The van der Waals surface area contributed by atoms with Crippen molar-refractivity contribution < 1.29 is 19.7 Å². The Morgan fingerprint density at radius 1 is 0.941 bits per heavy atom. The molecule has 98 valence electrons. The third kappa shape index (κ3) is 11.2. The molecule has 2 N–H and O–H groups in total. The summed E-state index contributed by atoms with van der Waals surface area (Å²) in [6.07, 6.45) is 1.06. The molecule has 0 aromatic heterocycles. The van der Waals surface area contributed by atoms with Crippen LogP contribution in [0.2, 0.25) is 0 Å². The molecule has 4 nitrogen and oxygen atoms in total. The van der Waals surface area contributed by atoms with Gasteiger partial charge in [0.25, 0.3) is 0 Å². The van der Waals surface area contributed by atoms with E-state index in [0.29, 0.717) is 13.2 Å². The van der Waals surface area contributed by atoms with Crippen molar-refractivity contribution in [3.63, 3.8) is 0 Å². The van der Waals surface area contributed by atoms with Crippen LogP contribution in [0.3, 0.4) is 0 Å². The fourth-order valence-corrected chi connectivity index (χ4v) is 0.968. The molecule has 0 heterocycles. The second kappa shape index (κ2) is 13.0. The molecule has 0 saturated carbocycles. The minimum absolute atomic E-state index is 0.0278. The van der Waals surface area contributed by atoms with Gasteiger partial charge in [-0.3, -0.25) is 0 Å². The van der Waals surface area contributed by atoms with E-state index >= 15 is 0 Å². The zero-order chi connectivity index (χ0) is 12.8. The summed E-state index contributed by atoms with van der Waals surface area (Å²) in [4.78, 5) is 0. The number of hydrogen-bond acceptors (Lipinski definition) is 4. The smallest absolute Gasteiger partial charge is 0.119 e. The Morgan fingerprint density at radius 3 is 2.00 bits per heavy atom. The minimum Gasteiger partial charge on any atom is -0.494 e. The molecule has 0 aliphatic rings. The Balaban J connectivity index is 0.000000325. The third-order valence-corrected chi connectivity index (χ3v) is 1.69. The molecule has 0 unspecified atom stereocenters. The Morgan fingerprint density at radius 2 is 1.53 bits per heavy atom. The number of aliphatic hydroxyl groups is 2. The predicted octanol–water partition coefficient (Wildman–Crippen LogP) is 1.46. The molecule has 0 atom stereocenters.